The third-order valence-electron chi connectivity index (χ3n) is 3.50. The van der Waals surface area contributed by atoms with Gasteiger partial charge in [-0.1, -0.05) is 12.2 Å². The standard InChI is InChI=1S/C16H20N2O2/c1-3-20-16(19)15(11-18)9-14-6-4-13(5-7-14)8-12(2)10-17/h8-9,13-14H,3-7H2,1-2H3/b12-8-,15-9+. The molecule has 0 aromatic heterocycles. The summed E-state index contributed by atoms with van der Waals surface area (Å²) in [6.45, 7) is 3.82. The van der Waals surface area contributed by atoms with Gasteiger partial charge in [0.25, 0.3) is 0 Å². The second-order valence-corrected chi connectivity index (χ2v) is 5.05. The first-order valence-electron chi connectivity index (χ1n) is 6.98. The van der Waals surface area contributed by atoms with E-state index in [2.05, 4.69) is 6.07 Å². The van der Waals surface area contributed by atoms with E-state index in [1.54, 1.807) is 13.0 Å². The zero-order valence-corrected chi connectivity index (χ0v) is 12.1. The molecule has 0 aliphatic heterocycles. The minimum absolute atomic E-state index is 0.110. The largest absolute Gasteiger partial charge is 0.462 e. The molecular formula is C16H20N2O2. The van der Waals surface area contributed by atoms with Crippen LogP contribution >= 0.6 is 0 Å². The Kier molecular flexibility index (Phi) is 6.53. The zero-order valence-electron chi connectivity index (χ0n) is 12.1. The summed E-state index contributed by atoms with van der Waals surface area (Å²) in [5.41, 5.74) is 0.868. The van der Waals surface area contributed by atoms with Gasteiger partial charge in [0.05, 0.1) is 12.7 Å². The molecule has 0 aromatic rings. The Labute approximate surface area is 120 Å². The molecular weight excluding hydrogens is 252 g/mol. The lowest BCUT2D eigenvalue weighted by atomic mass is 9.80. The van der Waals surface area contributed by atoms with Crippen molar-refractivity contribution in [2.45, 2.75) is 39.5 Å². The highest BCUT2D eigenvalue weighted by Gasteiger charge is 2.20. The van der Waals surface area contributed by atoms with E-state index in [-0.39, 0.29) is 18.1 Å². The van der Waals surface area contributed by atoms with Gasteiger partial charge in [0.15, 0.2) is 0 Å². The monoisotopic (exact) mass is 272 g/mol. The van der Waals surface area contributed by atoms with E-state index in [0.717, 1.165) is 31.3 Å². The molecule has 4 nitrogen and oxygen atoms in total. The van der Waals surface area contributed by atoms with Gasteiger partial charge in [0.1, 0.15) is 11.6 Å². The first-order chi connectivity index (χ1) is 9.60. The smallest absolute Gasteiger partial charge is 0.348 e. The number of carbonyl (C=O) groups is 1. The van der Waals surface area contributed by atoms with Crippen molar-refractivity contribution in [2.24, 2.45) is 11.8 Å². The third-order valence-corrected chi connectivity index (χ3v) is 3.50. The first-order valence-corrected chi connectivity index (χ1v) is 6.98. The SMILES string of the molecule is CCOC(=O)/C(C#N)=C/C1CCC(/C=C(/C)C#N)CC1. The molecule has 0 amide bonds. The molecule has 1 aliphatic rings. The number of ether oxygens (including phenoxy) is 1. The van der Waals surface area contributed by atoms with Gasteiger partial charge in [-0.05, 0) is 51.4 Å². The lowest BCUT2D eigenvalue weighted by Crippen LogP contribution is -2.14. The van der Waals surface area contributed by atoms with Crippen LogP contribution in [0.3, 0.4) is 0 Å². The number of allylic oxidation sites excluding steroid dienone is 3. The van der Waals surface area contributed by atoms with Crippen LogP contribution in [-0.4, -0.2) is 12.6 Å². The van der Waals surface area contributed by atoms with Crippen molar-refractivity contribution < 1.29 is 9.53 Å². The number of nitriles is 2. The highest BCUT2D eigenvalue weighted by molar-refractivity contribution is 5.92. The molecule has 0 spiro atoms. The molecule has 0 heterocycles. The van der Waals surface area contributed by atoms with Crippen molar-refractivity contribution >= 4 is 5.97 Å². The van der Waals surface area contributed by atoms with Crippen LogP contribution in [0.5, 0.6) is 0 Å². The molecule has 0 atom stereocenters. The lowest BCUT2D eigenvalue weighted by Gasteiger charge is -2.24. The molecule has 20 heavy (non-hydrogen) atoms. The van der Waals surface area contributed by atoms with Crippen LogP contribution in [0.1, 0.15) is 39.5 Å². The Morgan fingerprint density at radius 1 is 1.15 bits per heavy atom. The van der Waals surface area contributed by atoms with Crippen molar-refractivity contribution in [2.75, 3.05) is 6.61 Å². The topological polar surface area (TPSA) is 73.9 Å². The quantitative estimate of drug-likeness (QED) is 0.447. The second kappa shape index (κ2) is 8.17. The molecule has 0 saturated heterocycles. The normalized spacial score (nSPS) is 23.6. The molecule has 0 radical (unpaired) electrons. The van der Waals surface area contributed by atoms with E-state index in [0.29, 0.717) is 5.92 Å². The Bertz CT molecular complexity index is 484. The van der Waals surface area contributed by atoms with Crippen LogP contribution < -0.4 is 0 Å². The molecule has 0 aromatic carbocycles. The summed E-state index contributed by atoms with van der Waals surface area (Å²) in [5, 5.41) is 17.8. The van der Waals surface area contributed by atoms with Gasteiger partial charge in [-0.3, -0.25) is 0 Å². The molecule has 0 unspecified atom stereocenters. The van der Waals surface area contributed by atoms with E-state index in [1.165, 1.54) is 0 Å². The van der Waals surface area contributed by atoms with Crippen molar-refractivity contribution in [1.82, 2.24) is 0 Å². The van der Waals surface area contributed by atoms with Crippen LogP contribution in [0.25, 0.3) is 0 Å². The van der Waals surface area contributed by atoms with Gasteiger partial charge in [-0.25, -0.2) is 4.79 Å². The van der Waals surface area contributed by atoms with Gasteiger partial charge in [-0.2, -0.15) is 10.5 Å². The molecule has 106 valence electrons. The fourth-order valence-electron chi connectivity index (χ4n) is 2.46. The number of hydrogen-bond acceptors (Lipinski definition) is 4. The van der Waals surface area contributed by atoms with E-state index < -0.39 is 5.97 Å². The summed E-state index contributed by atoms with van der Waals surface area (Å²) in [5.74, 6) is 0.158. The highest BCUT2D eigenvalue weighted by atomic mass is 16.5. The minimum atomic E-state index is -0.530. The van der Waals surface area contributed by atoms with Crippen LogP contribution in [0.4, 0.5) is 0 Å². The number of rotatable bonds is 4. The van der Waals surface area contributed by atoms with Gasteiger partial charge >= 0.3 is 5.97 Å². The number of esters is 1. The van der Waals surface area contributed by atoms with Crippen LogP contribution in [0.15, 0.2) is 23.3 Å². The fourth-order valence-corrected chi connectivity index (χ4v) is 2.46. The average Bonchev–Trinajstić information content (AvgIpc) is 2.46. The lowest BCUT2D eigenvalue weighted by molar-refractivity contribution is -0.138. The van der Waals surface area contributed by atoms with Crippen LogP contribution in [0, 0.1) is 34.5 Å². The summed E-state index contributed by atoms with van der Waals surface area (Å²) in [4.78, 5) is 11.5. The molecule has 0 bridgehead atoms. The average molecular weight is 272 g/mol. The zero-order chi connectivity index (χ0) is 15.0. The molecule has 4 heteroatoms. The number of carbonyl (C=O) groups excluding carboxylic acids is 1. The van der Waals surface area contributed by atoms with E-state index >= 15 is 0 Å². The molecule has 1 rings (SSSR count). The molecule has 1 fully saturated rings. The summed E-state index contributed by atoms with van der Waals surface area (Å²) < 4.78 is 4.85. The number of nitrogens with zero attached hydrogens (tertiary/aromatic N) is 2. The van der Waals surface area contributed by atoms with Crippen molar-refractivity contribution in [1.29, 1.82) is 10.5 Å². The summed E-state index contributed by atoms with van der Waals surface area (Å²) in [6.07, 6.45) is 7.62. The van der Waals surface area contributed by atoms with Crippen LogP contribution in [0.2, 0.25) is 0 Å². The van der Waals surface area contributed by atoms with E-state index in [9.17, 15) is 4.79 Å². The predicted octanol–water partition coefficient (Wildman–Crippen LogP) is 3.28. The first kappa shape index (κ1) is 16.0. The summed E-state index contributed by atoms with van der Waals surface area (Å²) in [6, 6.07) is 4.06. The summed E-state index contributed by atoms with van der Waals surface area (Å²) >= 11 is 0. The minimum Gasteiger partial charge on any atom is -0.462 e. The van der Waals surface area contributed by atoms with Gasteiger partial charge in [0, 0.05) is 5.57 Å². The van der Waals surface area contributed by atoms with Gasteiger partial charge in [-0.15, -0.1) is 0 Å². The van der Waals surface area contributed by atoms with E-state index in [4.69, 9.17) is 15.3 Å². The van der Waals surface area contributed by atoms with Crippen molar-refractivity contribution in [3.63, 3.8) is 0 Å². The molecule has 0 N–H and O–H groups in total. The highest BCUT2D eigenvalue weighted by Crippen LogP contribution is 2.31. The fraction of sp³-hybridized carbons (Fsp3) is 0.562. The number of hydrogen-bond donors (Lipinski definition) is 0. The van der Waals surface area contributed by atoms with Gasteiger partial charge < -0.3 is 4.74 Å². The van der Waals surface area contributed by atoms with E-state index in [1.807, 2.05) is 19.1 Å². The van der Waals surface area contributed by atoms with Gasteiger partial charge in [0.2, 0.25) is 0 Å². The Morgan fingerprint density at radius 3 is 2.15 bits per heavy atom. The Balaban J connectivity index is 2.59. The maximum Gasteiger partial charge on any atom is 0.348 e. The Morgan fingerprint density at radius 2 is 1.70 bits per heavy atom. The maximum atomic E-state index is 11.5. The second-order valence-electron chi connectivity index (χ2n) is 5.05. The van der Waals surface area contributed by atoms with Crippen molar-refractivity contribution in [3.05, 3.63) is 23.3 Å². The van der Waals surface area contributed by atoms with Crippen LogP contribution in [-0.2, 0) is 9.53 Å². The maximum absolute atomic E-state index is 11.5. The molecule has 1 aliphatic carbocycles. The Hall–Kier alpha value is -2.07. The predicted molar refractivity (Wildman–Crippen MR) is 75.1 cm³/mol. The van der Waals surface area contributed by atoms with Crippen molar-refractivity contribution in [3.8, 4) is 12.1 Å². The third kappa shape index (κ3) is 4.90. The summed E-state index contributed by atoms with van der Waals surface area (Å²) in [7, 11) is 0. The molecule has 1 saturated carbocycles.